The number of nitrogens with zero attached hydrogens (tertiary/aromatic N) is 1. The van der Waals surface area contributed by atoms with Crippen LogP contribution >= 0.6 is 0 Å². The van der Waals surface area contributed by atoms with E-state index in [1.807, 2.05) is 24.3 Å². The van der Waals surface area contributed by atoms with Crippen LogP contribution in [0.25, 0.3) is 10.9 Å². The van der Waals surface area contributed by atoms with Gasteiger partial charge in [0, 0.05) is 17.5 Å². The van der Waals surface area contributed by atoms with E-state index in [2.05, 4.69) is 4.98 Å². The molecule has 92 valence electrons. The highest BCUT2D eigenvalue weighted by Gasteiger charge is 2.24. The minimum atomic E-state index is -0.445. The van der Waals surface area contributed by atoms with E-state index < -0.39 is 12.0 Å². The van der Waals surface area contributed by atoms with Gasteiger partial charge >= 0.3 is 0 Å². The Balaban J connectivity index is 2.36. The van der Waals surface area contributed by atoms with Crippen molar-refractivity contribution in [3.05, 3.63) is 41.1 Å². The number of hydrogen-bond acceptors (Lipinski definition) is 3. The fourth-order valence-corrected chi connectivity index (χ4v) is 2.65. The summed E-state index contributed by atoms with van der Waals surface area (Å²) >= 11 is 0. The zero-order valence-electron chi connectivity index (χ0n) is 9.89. The topological polar surface area (TPSA) is 76.2 Å². The van der Waals surface area contributed by atoms with Gasteiger partial charge in [-0.05, 0) is 24.5 Å². The van der Waals surface area contributed by atoms with Gasteiger partial charge < -0.3 is 10.8 Å². The van der Waals surface area contributed by atoms with Crippen molar-refractivity contribution >= 4 is 16.8 Å². The zero-order valence-corrected chi connectivity index (χ0v) is 9.89. The van der Waals surface area contributed by atoms with E-state index >= 15 is 0 Å². The van der Waals surface area contributed by atoms with Gasteiger partial charge in [0.05, 0.1) is 17.2 Å². The molecule has 0 radical (unpaired) electrons. The zero-order chi connectivity index (χ0) is 12.7. The van der Waals surface area contributed by atoms with Gasteiger partial charge in [0.15, 0.2) is 0 Å². The third-order valence-electron chi connectivity index (χ3n) is 3.48. The Morgan fingerprint density at radius 3 is 2.94 bits per heavy atom. The van der Waals surface area contributed by atoms with Gasteiger partial charge in [-0.15, -0.1) is 0 Å². The van der Waals surface area contributed by atoms with Crippen molar-refractivity contribution in [2.45, 2.75) is 25.4 Å². The number of aryl methyl sites for hydroxylation is 1. The summed E-state index contributed by atoms with van der Waals surface area (Å²) in [6.45, 7) is 0. The Labute approximate surface area is 104 Å². The summed E-state index contributed by atoms with van der Waals surface area (Å²) in [6.07, 6.45) is 1.45. The number of carbonyl (C=O) groups excluding carboxylic acids is 1. The molecule has 1 aromatic heterocycles. The Kier molecular flexibility index (Phi) is 2.52. The maximum Gasteiger partial charge on any atom is 0.249 e. The number of amides is 1. The van der Waals surface area contributed by atoms with E-state index in [0.717, 1.165) is 22.2 Å². The minimum Gasteiger partial charge on any atom is -0.393 e. The molecule has 0 fully saturated rings. The smallest absolute Gasteiger partial charge is 0.249 e. The second-order valence-corrected chi connectivity index (χ2v) is 4.69. The Morgan fingerprint density at radius 1 is 1.39 bits per heavy atom. The molecule has 0 saturated carbocycles. The molecule has 18 heavy (non-hydrogen) atoms. The summed E-state index contributed by atoms with van der Waals surface area (Å²) in [4.78, 5) is 16.3. The van der Waals surface area contributed by atoms with Gasteiger partial charge in [-0.3, -0.25) is 9.78 Å². The second-order valence-electron chi connectivity index (χ2n) is 4.69. The second kappa shape index (κ2) is 4.07. The van der Waals surface area contributed by atoms with Crippen LogP contribution in [0, 0.1) is 0 Å². The molecular formula is C14H14N2O2. The summed E-state index contributed by atoms with van der Waals surface area (Å²) in [5, 5.41) is 10.5. The highest BCUT2D eigenvalue weighted by molar-refractivity contribution is 6.07. The fourth-order valence-electron chi connectivity index (χ4n) is 2.65. The van der Waals surface area contributed by atoms with Gasteiger partial charge in [-0.2, -0.15) is 0 Å². The Morgan fingerprint density at radius 2 is 2.17 bits per heavy atom. The molecule has 1 unspecified atom stereocenters. The number of aliphatic hydroxyl groups excluding tert-OH is 1. The van der Waals surface area contributed by atoms with Crippen LogP contribution in [-0.2, 0) is 12.8 Å². The lowest BCUT2D eigenvalue weighted by Crippen LogP contribution is -2.25. The van der Waals surface area contributed by atoms with Crippen LogP contribution in [0.15, 0.2) is 24.3 Å². The van der Waals surface area contributed by atoms with Crippen LogP contribution in [0.3, 0.4) is 0 Å². The SMILES string of the molecule is NC(=O)c1c2c(nc3ccccc13)CCC(O)C2. The Bertz CT molecular complexity index is 637. The van der Waals surface area contributed by atoms with Gasteiger partial charge in [-0.1, -0.05) is 18.2 Å². The van der Waals surface area contributed by atoms with Crippen molar-refractivity contribution < 1.29 is 9.90 Å². The van der Waals surface area contributed by atoms with Crippen molar-refractivity contribution in [2.75, 3.05) is 0 Å². The first kappa shape index (κ1) is 11.2. The third-order valence-corrected chi connectivity index (χ3v) is 3.48. The average Bonchev–Trinajstić information content (AvgIpc) is 2.35. The number of fused-ring (bicyclic) bond motifs is 2. The summed E-state index contributed by atoms with van der Waals surface area (Å²) in [5.74, 6) is -0.445. The summed E-state index contributed by atoms with van der Waals surface area (Å²) in [7, 11) is 0. The molecule has 2 aromatic rings. The molecule has 4 heteroatoms. The first-order chi connectivity index (χ1) is 8.66. The van der Waals surface area contributed by atoms with Crippen LogP contribution in [0.2, 0.25) is 0 Å². The van der Waals surface area contributed by atoms with Crippen molar-refractivity contribution in [3.8, 4) is 0 Å². The van der Waals surface area contributed by atoms with E-state index in [1.54, 1.807) is 0 Å². The summed E-state index contributed by atoms with van der Waals surface area (Å²) in [6, 6.07) is 7.49. The largest absolute Gasteiger partial charge is 0.393 e. The molecule has 1 aliphatic carbocycles. The lowest BCUT2D eigenvalue weighted by atomic mass is 9.88. The molecule has 0 saturated heterocycles. The van der Waals surface area contributed by atoms with Crippen molar-refractivity contribution in [3.63, 3.8) is 0 Å². The van der Waals surface area contributed by atoms with Gasteiger partial charge in [0.25, 0.3) is 0 Å². The number of aromatic nitrogens is 1. The van der Waals surface area contributed by atoms with E-state index in [9.17, 15) is 9.90 Å². The third kappa shape index (κ3) is 1.66. The number of pyridine rings is 1. The van der Waals surface area contributed by atoms with Gasteiger partial charge in [0.2, 0.25) is 5.91 Å². The van der Waals surface area contributed by atoms with Crippen LogP contribution in [0.5, 0.6) is 0 Å². The maximum absolute atomic E-state index is 11.7. The van der Waals surface area contributed by atoms with Crippen LogP contribution in [-0.4, -0.2) is 22.1 Å². The molecule has 0 spiro atoms. The number of hydrogen-bond donors (Lipinski definition) is 2. The van der Waals surface area contributed by atoms with E-state index in [-0.39, 0.29) is 0 Å². The molecule has 0 aliphatic heterocycles. The molecule has 1 amide bonds. The fraction of sp³-hybridized carbons (Fsp3) is 0.286. The monoisotopic (exact) mass is 242 g/mol. The van der Waals surface area contributed by atoms with Crippen LogP contribution in [0.1, 0.15) is 28.0 Å². The minimum absolute atomic E-state index is 0.404. The maximum atomic E-state index is 11.7. The van der Waals surface area contributed by atoms with Crippen molar-refractivity contribution in [2.24, 2.45) is 5.73 Å². The number of benzene rings is 1. The molecule has 0 bridgehead atoms. The number of primary amides is 1. The number of carbonyl (C=O) groups is 1. The van der Waals surface area contributed by atoms with Crippen molar-refractivity contribution in [1.82, 2.24) is 4.98 Å². The molecule has 3 rings (SSSR count). The highest BCUT2D eigenvalue weighted by Crippen LogP contribution is 2.28. The molecule has 1 aromatic carbocycles. The van der Waals surface area contributed by atoms with Gasteiger partial charge in [-0.25, -0.2) is 0 Å². The molecule has 1 aliphatic rings. The lowest BCUT2D eigenvalue weighted by Gasteiger charge is -2.22. The van der Waals surface area contributed by atoms with Crippen LogP contribution < -0.4 is 5.73 Å². The Hall–Kier alpha value is -1.94. The molecule has 1 atom stereocenters. The number of rotatable bonds is 1. The van der Waals surface area contributed by atoms with E-state index in [0.29, 0.717) is 24.8 Å². The quantitative estimate of drug-likeness (QED) is 0.788. The van der Waals surface area contributed by atoms with E-state index in [4.69, 9.17) is 5.73 Å². The first-order valence-electron chi connectivity index (χ1n) is 6.05. The standard InChI is InChI=1S/C14H14N2O2/c15-14(18)13-9-3-1-2-4-11(9)16-12-6-5-8(17)7-10(12)13/h1-4,8,17H,5-7H2,(H2,15,18). The lowest BCUT2D eigenvalue weighted by molar-refractivity contribution is 0.0998. The number of para-hydroxylation sites is 1. The highest BCUT2D eigenvalue weighted by atomic mass is 16.3. The van der Waals surface area contributed by atoms with Gasteiger partial charge in [0.1, 0.15) is 0 Å². The summed E-state index contributed by atoms with van der Waals surface area (Å²) < 4.78 is 0. The summed E-state index contributed by atoms with van der Waals surface area (Å²) in [5.41, 5.74) is 8.53. The van der Waals surface area contributed by atoms with Crippen LogP contribution in [0.4, 0.5) is 0 Å². The molecule has 4 nitrogen and oxygen atoms in total. The van der Waals surface area contributed by atoms with Crippen molar-refractivity contribution in [1.29, 1.82) is 0 Å². The van der Waals surface area contributed by atoms with E-state index in [1.165, 1.54) is 0 Å². The molecular weight excluding hydrogens is 228 g/mol. The average molecular weight is 242 g/mol. The molecule has 3 N–H and O–H groups in total. The first-order valence-corrected chi connectivity index (χ1v) is 6.05. The number of nitrogens with two attached hydrogens (primary N) is 1. The number of aliphatic hydroxyl groups is 1. The predicted molar refractivity (Wildman–Crippen MR) is 68.3 cm³/mol. The normalized spacial score (nSPS) is 18.6. The predicted octanol–water partition coefficient (Wildman–Crippen LogP) is 1.18. The molecule has 1 heterocycles.